The maximum absolute atomic E-state index is 5.80. The predicted octanol–water partition coefficient (Wildman–Crippen LogP) is 1.08. The molecule has 74 valence electrons. The second-order valence-corrected chi connectivity index (χ2v) is 3.19. The second kappa shape index (κ2) is 4.16. The lowest BCUT2D eigenvalue weighted by Crippen LogP contribution is -2.15. The number of unbranched alkanes of at least 4 members (excludes halogenated alkanes) is 1. The van der Waals surface area contributed by atoms with Crippen LogP contribution in [-0.2, 0) is 12.8 Å². The van der Waals surface area contributed by atoms with Crippen molar-refractivity contribution in [1.82, 2.24) is 9.66 Å². The van der Waals surface area contributed by atoms with E-state index >= 15 is 0 Å². The molecule has 0 unspecified atom stereocenters. The van der Waals surface area contributed by atoms with Gasteiger partial charge in [0.1, 0.15) is 11.6 Å². The van der Waals surface area contributed by atoms with E-state index in [0.29, 0.717) is 5.82 Å². The SMILES string of the molecule is CCCCc1nc(CC)n(N)c1N. The Morgan fingerprint density at radius 1 is 1.38 bits per heavy atom. The highest BCUT2D eigenvalue weighted by molar-refractivity contribution is 5.38. The molecule has 0 atom stereocenters. The standard InChI is InChI=1S/C9H18N4/c1-3-5-6-7-9(10)13(11)8(4-2)12-7/h3-6,10-11H2,1-2H3. The molecule has 0 bridgehead atoms. The van der Waals surface area contributed by atoms with Crippen LogP contribution < -0.4 is 11.6 Å². The van der Waals surface area contributed by atoms with Gasteiger partial charge in [-0.25, -0.2) is 9.66 Å². The van der Waals surface area contributed by atoms with E-state index in [4.69, 9.17) is 11.6 Å². The fourth-order valence-electron chi connectivity index (χ4n) is 1.32. The van der Waals surface area contributed by atoms with Crippen molar-refractivity contribution in [3.63, 3.8) is 0 Å². The van der Waals surface area contributed by atoms with Gasteiger partial charge in [-0.15, -0.1) is 0 Å². The van der Waals surface area contributed by atoms with Gasteiger partial charge in [0.15, 0.2) is 0 Å². The summed E-state index contributed by atoms with van der Waals surface area (Å²) in [4.78, 5) is 4.38. The number of imidazole rings is 1. The molecule has 13 heavy (non-hydrogen) atoms. The summed E-state index contributed by atoms with van der Waals surface area (Å²) in [5, 5.41) is 0. The van der Waals surface area contributed by atoms with Gasteiger partial charge >= 0.3 is 0 Å². The highest BCUT2D eigenvalue weighted by Crippen LogP contribution is 2.14. The van der Waals surface area contributed by atoms with E-state index in [1.54, 1.807) is 0 Å². The summed E-state index contributed by atoms with van der Waals surface area (Å²) in [6, 6.07) is 0. The van der Waals surface area contributed by atoms with Crippen LogP contribution in [0.4, 0.5) is 5.82 Å². The number of aromatic nitrogens is 2. The first-order valence-electron chi connectivity index (χ1n) is 4.81. The number of hydrogen-bond acceptors (Lipinski definition) is 3. The molecule has 4 nitrogen and oxygen atoms in total. The van der Waals surface area contributed by atoms with Gasteiger partial charge < -0.3 is 11.6 Å². The third kappa shape index (κ3) is 1.94. The van der Waals surface area contributed by atoms with Crippen molar-refractivity contribution in [3.8, 4) is 0 Å². The topological polar surface area (TPSA) is 69.9 Å². The molecule has 1 heterocycles. The Morgan fingerprint density at radius 3 is 2.54 bits per heavy atom. The van der Waals surface area contributed by atoms with Crippen LogP contribution in [-0.4, -0.2) is 9.66 Å². The first-order chi connectivity index (χ1) is 6.20. The zero-order chi connectivity index (χ0) is 9.84. The summed E-state index contributed by atoms with van der Waals surface area (Å²) < 4.78 is 1.49. The Kier molecular flexibility index (Phi) is 3.17. The maximum atomic E-state index is 5.80. The summed E-state index contributed by atoms with van der Waals surface area (Å²) in [7, 11) is 0. The predicted molar refractivity (Wildman–Crippen MR) is 54.8 cm³/mol. The van der Waals surface area contributed by atoms with Gasteiger partial charge in [-0.1, -0.05) is 20.3 Å². The van der Waals surface area contributed by atoms with Crippen molar-refractivity contribution in [3.05, 3.63) is 11.5 Å². The molecule has 0 aliphatic heterocycles. The minimum Gasteiger partial charge on any atom is -0.382 e. The van der Waals surface area contributed by atoms with E-state index in [1.165, 1.54) is 4.68 Å². The van der Waals surface area contributed by atoms with Crippen LogP contribution in [0.3, 0.4) is 0 Å². The first kappa shape index (κ1) is 9.89. The van der Waals surface area contributed by atoms with Crippen molar-refractivity contribution in [2.45, 2.75) is 39.5 Å². The van der Waals surface area contributed by atoms with Crippen LogP contribution >= 0.6 is 0 Å². The third-order valence-electron chi connectivity index (χ3n) is 2.18. The van der Waals surface area contributed by atoms with Crippen molar-refractivity contribution < 1.29 is 0 Å². The molecule has 4 N–H and O–H groups in total. The Balaban J connectivity index is 2.82. The largest absolute Gasteiger partial charge is 0.382 e. The van der Waals surface area contributed by atoms with Gasteiger partial charge in [0.05, 0.1) is 5.69 Å². The Bertz CT molecular complexity index is 277. The van der Waals surface area contributed by atoms with Crippen molar-refractivity contribution >= 4 is 5.82 Å². The molecule has 0 aliphatic rings. The summed E-state index contributed by atoms with van der Waals surface area (Å²) in [5.74, 6) is 7.20. The van der Waals surface area contributed by atoms with Crippen LogP contribution in [0.5, 0.6) is 0 Å². The van der Waals surface area contributed by atoms with Crippen molar-refractivity contribution in [2.75, 3.05) is 11.6 Å². The Hall–Kier alpha value is -1.19. The molecule has 1 aromatic rings. The Labute approximate surface area is 78.9 Å². The maximum Gasteiger partial charge on any atom is 0.145 e. The molecule has 0 amide bonds. The number of nitrogens with two attached hydrogens (primary N) is 2. The van der Waals surface area contributed by atoms with Crippen LogP contribution in [0.2, 0.25) is 0 Å². The van der Waals surface area contributed by atoms with Crippen LogP contribution in [0.15, 0.2) is 0 Å². The molecule has 0 saturated carbocycles. The average Bonchev–Trinajstić information content (AvgIpc) is 2.41. The molecule has 0 spiro atoms. The third-order valence-corrected chi connectivity index (χ3v) is 2.18. The molecule has 0 saturated heterocycles. The van der Waals surface area contributed by atoms with E-state index in [1.807, 2.05) is 6.92 Å². The van der Waals surface area contributed by atoms with E-state index in [-0.39, 0.29) is 0 Å². The summed E-state index contributed by atoms with van der Waals surface area (Å²) in [6.45, 7) is 4.17. The second-order valence-electron chi connectivity index (χ2n) is 3.19. The average molecular weight is 182 g/mol. The Morgan fingerprint density at radius 2 is 2.08 bits per heavy atom. The van der Waals surface area contributed by atoms with Gasteiger partial charge in [-0.05, 0) is 12.8 Å². The molecular weight excluding hydrogens is 164 g/mol. The number of hydrogen-bond donors (Lipinski definition) is 2. The van der Waals surface area contributed by atoms with E-state index in [0.717, 1.165) is 37.2 Å². The quantitative estimate of drug-likeness (QED) is 0.685. The highest BCUT2D eigenvalue weighted by Gasteiger charge is 2.10. The lowest BCUT2D eigenvalue weighted by atomic mass is 10.2. The van der Waals surface area contributed by atoms with E-state index in [2.05, 4.69) is 11.9 Å². The number of aryl methyl sites for hydroxylation is 2. The fourth-order valence-corrected chi connectivity index (χ4v) is 1.32. The lowest BCUT2D eigenvalue weighted by molar-refractivity contribution is 0.778. The van der Waals surface area contributed by atoms with Crippen molar-refractivity contribution in [2.24, 2.45) is 0 Å². The summed E-state index contributed by atoms with van der Waals surface area (Å²) in [5.41, 5.74) is 6.74. The zero-order valence-electron chi connectivity index (χ0n) is 8.38. The molecule has 0 fully saturated rings. The number of nitrogens with zero attached hydrogens (tertiary/aromatic N) is 2. The summed E-state index contributed by atoms with van der Waals surface area (Å²) in [6.07, 6.45) is 4.02. The van der Waals surface area contributed by atoms with Gasteiger partial charge in [0.25, 0.3) is 0 Å². The zero-order valence-corrected chi connectivity index (χ0v) is 8.38. The van der Waals surface area contributed by atoms with Crippen LogP contribution in [0.25, 0.3) is 0 Å². The minimum absolute atomic E-state index is 0.616. The van der Waals surface area contributed by atoms with Gasteiger partial charge in [0, 0.05) is 6.42 Å². The molecule has 1 rings (SSSR count). The minimum atomic E-state index is 0.616. The highest BCUT2D eigenvalue weighted by atomic mass is 15.4. The van der Waals surface area contributed by atoms with Crippen LogP contribution in [0, 0.1) is 0 Å². The molecule has 1 aromatic heterocycles. The van der Waals surface area contributed by atoms with E-state index in [9.17, 15) is 0 Å². The normalized spacial score (nSPS) is 10.6. The van der Waals surface area contributed by atoms with Gasteiger partial charge in [0.2, 0.25) is 0 Å². The number of rotatable bonds is 4. The molecule has 0 aromatic carbocycles. The fraction of sp³-hybridized carbons (Fsp3) is 0.667. The summed E-state index contributed by atoms with van der Waals surface area (Å²) >= 11 is 0. The lowest BCUT2D eigenvalue weighted by Gasteiger charge is -1.99. The smallest absolute Gasteiger partial charge is 0.145 e. The van der Waals surface area contributed by atoms with Gasteiger partial charge in [-0.3, -0.25) is 0 Å². The number of nitrogen functional groups attached to an aromatic ring is 2. The molecule has 0 aliphatic carbocycles. The molecule has 0 radical (unpaired) electrons. The van der Waals surface area contributed by atoms with Crippen molar-refractivity contribution in [1.29, 1.82) is 0 Å². The molecule has 4 heteroatoms. The first-order valence-corrected chi connectivity index (χ1v) is 4.81. The van der Waals surface area contributed by atoms with Gasteiger partial charge in [-0.2, -0.15) is 0 Å². The number of anilines is 1. The van der Waals surface area contributed by atoms with E-state index < -0.39 is 0 Å². The monoisotopic (exact) mass is 182 g/mol. The molecular formula is C9H18N4. The van der Waals surface area contributed by atoms with Crippen LogP contribution in [0.1, 0.15) is 38.2 Å².